The van der Waals surface area contributed by atoms with Crippen LogP contribution in [0.2, 0.25) is 0 Å². The van der Waals surface area contributed by atoms with E-state index in [1.54, 1.807) is 0 Å². The molecule has 1 aromatic heterocycles. The van der Waals surface area contributed by atoms with Crippen LogP contribution in [0.15, 0.2) is 36.4 Å². The number of aromatic amines is 1. The van der Waals surface area contributed by atoms with Gasteiger partial charge in [0.25, 0.3) is 5.91 Å². The van der Waals surface area contributed by atoms with Gasteiger partial charge < -0.3 is 19.8 Å². The van der Waals surface area contributed by atoms with Gasteiger partial charge in [0.15, 0.2) is 11.5 Å². The van der Waals surface area contributed by atoms with Crippen LogP contribution in [0.1, 0.15) is 27.2 Å². The fraction of sp³-hybridized carbons (Fsp3) is 0.250. The molecule has 4 rings (SSSR count). The van der Waals surface area contributed by atoms with Crippen molar-refractivity contribution in [2.75, 3.05) is 13.2 Å². The summed E-state index contributed by atoms with van der Waals surface area (Å²) >= 11 is 0. The van der Waals surface area contributed by atoms with Crippen molar-refractivity contribution in [2.45, 2.75) is 20.4 Å². The molecule has 2 N–H and O–H groups in total. The molecule has 1 aliphatic rings. The van der Waals surface area contributed by atoms with Crippen LogP contribution in [-0.2, 0) is 6.54 Å². The number of ether oxygens (including phenoxy) is 2. The molecule has 0 saturated carbocycles. The van der Waals surface area contributed by atoms with Crippen LogP contribution in [-0.4, -0.2) is 24.1 Å². The highest BCUT2D eigenvalue weighted by atomic mass is 16.6. The fourth-order valence-corrected chi connectivity index (χ4v) is 3.08. The lowest BCUT2D eigenvalue weighted by molar-refractivity contribution is 0.0951. The third-order valence-electron chi connectivity index (χ3n) is 4.63. The predicted molar refractivity (Wildman–Crippen MR) is 96.4 cm³/mol. The van der Waals surface area contributed by atoms with E-state index < -0.39 is 0 Å². The van der Waals surface area contributed by atoms with Crippen LogP contribution in [0.5, 0.6) is 11.5 Å². The normalized spacial score (nSPS) is 13.0. The summed E-state index contributed by atoms with van der Waals surface area (Å²) in [5.41, 5.74) is 5.00. The second-order valence-corrected chi connectivity index (χ2v) is 6.30. The molecule has 0 atom stereocenters. The third kappa shape index (κ3) is 2.93. The quantitative estimate of drug-likeness (QED) is 0.769. The summed E-state index contributed by atoms with van der Waals surface area (Å²) in [7, 11) is 0. The molecule has 3 aromatic rings. The number of rotatable bonds is 3. The van der Waals surface area contributed by atoms with E-state index in [9.17, 15) is 4.79 Å². The first-order chi connectivity index (χ1) is 12.1. The molecule has 1 amide bonds. The SMILES string of the molecule is Cc1[nH]c2ccc(C(=O)NCc3ccc4c(c3)OCCO4)cc2c1C. The first kappa shape index (κ1) is 15.6. The van der Waals surface area contributed by atoms with Crippen LogP contribution in [0.25, 0.3) is 10.9 Å². The molecule has 2 heterocycles. The Morgan fingerprint density at radius 1 is 1.08 bits per heavy atom. The van der Waals surface area contributed by atoms with E-state index in [0.29, 0.717) is 25.3 Å². The highest BCUT2D eigenvalue weighted by Gasteiger charge is 2.13. The summed E-state index contributed by atoms with van der Waals surface area (Å²) in [4.78, 5) is 15.8. The van der Waals surface area contributed by atoms with Crippen molar-refractivity contribution in [1.82, 2.24) is 10.3 Å². The standard InChI is InChI=1S/C20H20N2O3/c1-12-13(2)22-17-5-4-15(10-16(12)17)20(23)21-11-14-3-6-18-19(9-14)25-8-7-24-18/h3-6,9-10,22H,7-8,11H2,1-2H3,(H,21,23). The van der Waals surface area contributed by atoms with E-state index in [4.69, 9.17) is 9.47 Å². The minimum Gasteiger partial charge on any atom is -0.486 e. The van der Waals surface area contributed by atoms with Gasteiger partial charge in [0.05, 0.1) is 0 Å². The predicted octanol–water partition coefficient (Wildman–Crippen LogP) is 3.49. The number of carbonyl (C=O) groups is 1. The Morgan fingerprint density at radius 3 is 2.72 bits per heavy atom. The van der Waals surface area contributed by atoms with Gasteiger partial charge in [-0.05, 0) is 55.3 Å². The minimum absolute atomic E-state index is 0.0879. The number of benzene rings is 2. The van der Waals surface area contributed by atoms with Crippen molar-refractivity contribution in [3.63, 3.8) is 0 Å². The molecule has 5 heteroatoms. The zero-order chi connectivity index (χ0) is 17.4. The largest absolute Gasteiger partial charge is 0.486 e. The molecule has 0 fully saturated rings. The first-order valence-electron chi connectivity index (χ1n) is 8.37. The number of fused-ring (bicyclic) bond motifs is 2. The molecular formula is C20H20N2O3. The molecule has 0 bridgehead atoms. The van der Waals surface area contributed by atoms with Gasteiger partial charge >= 0.3 is 0 Å². The molecule has 25 heavy (non-hydrogen) atoms. The van der Waals surface area contributed by atoms with Gasteiger partial charge in [-0.1, -0.05) is 6.07 Å². The van der Waals surface area contributed by atoms with Crippen molar-refractivity contribution in [2.24, 2.45) is 0 Å². The maximum absolute atomic E-state index is 12.5. The number of nitrogens with one attached hydrogen (secondary N) is 2. The van der Waals surface area contributed by atoms with Gasteiger partial charge in [-0.3, -0.25) is 4.79 Å². The summed E-state index contributed by atoms with van der Waals surface area (Å²) < 4.78 is 11.1. The zero-order valence-corrected chi connectivity index (χ0v) is 14.3. The second kappa shape index (κ2) is 6.16. The van der Waals surface area contributed by atoms with Crippen molar-refractivity contribution >= 4 is 16.8 Å². The number of hydrogen-bond acceptors (Lipinski definition) is 3. The maximum Gasteiger partial charge on any atom is 0.251 e. The van der Waals surface area contributed by atoms with E-state index in [1.807, 2.05) is 43.3 Å². The van der Waals surface area contributed by atoms with Crippen LogP contribution >= 0.6 is 0 Å². The monoisotopic (exact) mass is 336 g/mol. The molecule has 0 radical (unpaired) electrons. The summed E-state index contributed by atoms with van der Waals surface area (Å²) in [5, 5.41) is 4.05. The Bertz CT molecular complexity index is 959. The fourth-order valence-electron chi connectivity index (χ4n) is 3.08. The number of aromatic nitrogens is 1. The van der Waals surface area contributed by atoms with Gasteiger partial charge in [-0.25, -0.2) is 0 Å². The Hall–Kier alpha value is -2.95. The molecule has 1 aliphatic heterocycles. The average Bonchev–Trinajstić information content (AvgIpc) is 2.93. The lowest BCUT2D eigenvalue weighted by Crippen LogP contribution is -2.23. The van der Waals surface area contributed by atoms with Crippen molar-refractivity contribution < 1.29 is 14.3 Å². The Labute approximate surface area is 146 Å². The Kier molecular flexibility index (Phi) is 3.84. The molecule has 128 valence electrons. The topological polar surface area (TPSA) is 63.4 Å². The Morgan fingerprint density at radius 2 is 1.88 bits per heavy atom. The van der Waals surface area contributed by atoms with E-state index in [-0.39, 0.29) is 5.91 Å². The summed E-state index contributed by atoms with van der Waals surface area (Å²) in [6, 6.07) is 11.5. The van der Waals surface area contributed by atoms with Gasteiger partial charge in [-0.15, -0.1) is 0 Å². The van der Waals surface area contributed by atoms with Crippen molar-refractivity contribution in [1.29, 1.82) is 0 Å². The first-order valence-corrected chi connectivity index (χ1v) is 8.37. The van der Waals surface area contributed by atoms with E-state index in [1.165, 1.54) is 5.56 Å². The summed E-state index contributed by atoms with van der Waals surface area (Å²) in [6.45, 7) is 5.67. The van der Waals surface area contributed by atoms with Crippen LogP contribution in [0.3, 0.4) is 0 Å². The maximum atomic E-state index is 12.5. The zero-order valence-electron chi connectivity index (χ0n) is 14.3. The molecule has 0 aliphatic carbocycles. The van der Waals surface area contributed by atoms with Gasteiger partial charge in [0.1, 0.15) is 13.2 Å². The average molecular weight is 336 g/mol. The van der Waals surface area contributed by atoms with Crippen molar-refractivity contribution in [3.05, 3.63) is 58.8 Å². The van der Waals surface area contributed by atoms with Gasteiger partial charge in [-0.2, -0.15) is 0 Å². The molecule has 0 saturated heterocycles. The van der Waals surface area contributed by atoms with Gasteiger partial charge in [0, 0.05) is 28.7 Å². The molecule has 2 aromatic carbocycles. The highest BCUT2D eigenvalue weighted by molar-refractivity contribution is 5.99. The van der Waals surface area contributed by atoms with Gasteiger partial charge in [0.2, 0.25) is 0 Å². The second-order valence-electron chi connectivity index (χ2n) is 6.30. The van der Waals surface area contributed by atoms with Crippen LogP contribution in [0.4, 0.5) is 0 Å². The minimum atomic E-state index is -0.0879. The van der Waals surface area contributed by atoms with E-state index >= 15 is 0 Å². The van der Waals surface area contributed by atoms with Crippen LogP contribution < -0.4 is 14.8 Å². The molecule has 5 nitrogen and oxygen atoms in total. The Balaban J connectivity index is 1.49. The molecular weight excluding hydrogens is 316 g/mol. The molecule has 0 unspecified atom stereocenters. The number of aryl methyl sites for hydroxylation is 2. The number of hydrogen-bond donors (Lipinski definition) is 2. The van der Waals surface area contributed by atoms with Crippen LogP contribution in [0, 0.1) is 13.8 Å². The van der Waals surface area contributed by atoms with E-state index in [0.717, 1.165) is 33.7 Å². The van der Waals surface area contributed by atoms with E-state index in [2.05, 4.69) is 17.2 Å². The summed E-state index contributed by atoms with van der Waals surface area (Å²) in [6.07, 6.45) is 0. The summed E-state index contributed by atoms with van der Waals surface area (Å²) in [5.74, 6) is 1.40. The number of amides is 1. The third-order valence-corrected chi connectivity index (χ3v) is 4.63. The molecule has 0 spiro atoms. The number of carbonyl (C=O) groups excluding carboxylic acids is 1. The van der Waals surface area contributed by atoms with Crippen molar-refractivity contribution in [3.8, 4) is 11.5 Å². The smallest absolute Gasteiger partial charge is 0.251 e. The highest BCUT2D eigenvalue weighted by Crippen LogP contribution is 2.30. The number of H-pyrrole nitrogens is 1. The lowest BCUT2D eigenvalue weighted by Gasteiger charge is -2.19. The lowest BCUT2D eigenvalue weighted by atomic mass is 10.1.